The minimum atomic E-state index is -0.946. The Labute approximate surface area is 179 Å². The smallest absolute Gasteiger partial charge is 0.407 e. The molecule has 0 aromatic rings. The van der Waals surface area contributed by atoms with Gasteiger partial charge in [0.25, 0.3) is 0 Å². The number of rotatable bonds is 8. The lowest BCUT2D eigenvalue weighted by atomic mass is 9.72. The van der Waals surface area contributed by atoms with Crippen molar-refractivity contribution in [3.05, 3.63) is 11.1 Å². The summed E-state index contributed by atoms with van der Waals surface area (Å²) in [5.74, 6) is -1.97. The van der Waals surface area contributed by atoms with Crippen molar-refractivity contribution in [1.29, 1.82) is 0 Å². The standard InChI is InChI=1S/C23H37NO6/c1-14(8-9-24-21(29)30-22(3,4)5)10-16(20(27)28)11-15(2)19-17(25)12-23(6,7)13-18(19)26/h14,16H,8-13H2,1-7H3,(H,24,29)(H,27,28)/t14?,16-/m1/s1. The van der Waals surface area contributed by atoms with Gasteiger partial charge in [-0.25, -0.2) is 4.79 Å². The molecule has 7 heteroatoms. The summed E-state index contributed by atoms with van der Waals surface area (Å²) in [6.07, 6.45) is 1.27. The van der Waals surface area contributed by atoms with Crippen LogP contribution in [0.5, 0.6) is 0 Å². The summed E-state index contributed by atoms with van der Waals surface area (Å²) in [4.78, 5) is 48.4. The number of ketones is 2. The number of carboxylic acid groups (broad SMARTS) is 1. The molecule has 0 aromatic heterocycles. The second-order valence-electron chi connectivity index (χ2n) is 10.3. The van der Waals surface area contributed by atoms with Gasteiger partial charge in [0.05, 0.1) is 11.5 Å². The summed E-state index contributed by atoms with van der Waals surface area (Å²) in [5.41, 5.74) is -0.162. The largest absolute Gasteiger partial charge is 0.481 e. The van der Waals surface area contributed by atoms with E-state index in [1.54, 1.807) is 27.7 Å². The first kappa shape index (κ1) is 25.9. The number of carbonyl (C=O) groups is 4. The average Bonchev–Trinajstić information content (AvgIpc) is 2.50. The van der Waals surface area contributed by atoms with Crippen molar-refractivity contribution in [2.24, 2.45) is 17.3 Å². The van der Waals surface area contributed by atoms with E-state index < -0.39 is 23.6 Å². The molecule has 0 heterocycles. The Morgan fingerprint density at radius 2 is 1.70 bits per heavy atom. The molecule has 1 amide bonds. The van der Waals surface area contributed by atoms with Crippen LogP contribution in [-0.2, 0) is 19.1 Å². The maximum atomic E-state index is 12.5. The molecule has 0 radical (unpaired) electrons. The fourth-order valence-corrected chi connectivity index (χ4v) is 3.82. The number of hydrogen-bond acceptors (Lipinski definition) is 5. The Hall–Kier alpha value is -2.18. The first-order valence-corrected chi connectivity index (χ1v) is 10.6. The molecule has 2 atom stereocenters. The van der Waals surface area contributed by atoms with Crippen LogP contribution in [0, 0.1) is 17.3 Å². The van der Waals surface area contributed by atoms with Gasteiger partial charge in [0.1, 0.15) is 5.60 Å². The Morgan fingerprint density at radius 1 is 1.17 bits per heavy atom. The number of alkyl carbamates (subject to hydrolysis) is 1. The van der Waals surface area contributed by atoms with Crippen LogP contribution in [0.15, 0.2) is 11.1 Å². The van der Waals surface area contributed by atoms with E-state index in [1.165, 1.54) is 0 Å². The molecule has 30 heavy (non-hydrogen) atoms. The highest BCUT2D eigenvalue weighted by Gasteiger charge is 2.37. The van der Waals surface area contributed by atoms with E-state index in [-0.39, 0.29) is 34.9 Å². The van der Waals surface area contributed by atoms with Gasteiger partial charge in [-0.3, -0.25) is 14.4 Å². The van der Waals surface area contributed by atoms with Gasteiger partial charge in [-0.15, -0.1) is 0 Å². The number of hydrogen-bond donors (Lipinski definition) is 2. The molecule has 1 aliphatic carbocycles. The predicted octanol–water partition coefficient (Wildman–Crippen LogP) is 4.29. The monoisotopic (exact) mass is 423 g/mol. The van der Waals surface area contributed by atoms with Gasteiger partial charge in [-0.1, -0.05) is 26.3 Å². The lowest BCUT2D eigenvalue weighted by molar-refractivity contribution is -0.142. The van der Waals surface area contributed by atoms with Gasteiger partial charge in [0.2, 0.25) is 0 Å². The molecule has 1 fully saturated rings. The maximum absolute atomic E-state index is 12.5. The zero-order valence-corrected chi connectivity index (χ0v) is 19.4. The summed E-state index contributed by atoms with van der Waals surface area (Å²) in [6, 6.07) is 0. The van der Waals surface area contributed by atoms with Crippen LogP contribution < -0.4 is 5.32 Å². The van der Waals surface area contributed by atoms with Crippen molar-refractivity contribution in [3.63, 3.8) is 0 Å². The van der Waals surface area contributed by atoms with Crippen molar-refractivity contribution in [1.82, 2.24) is 5.32 Å². The third kappa shape index (κ3) is 8.67. The van der Waals surface area contributed by atoms with Gasteiger partial charge >= 0.3 is 12.1 Å². The zero-order valence-electron chi connectivity index (χ0n) is 19.4. The second-order valence-corrected chi connectivity index (χ2v) is 10.3. The predicted molar refractivity (Wildman–Crippen MR) is 114 cm³/mol. The van der Waals surface area contributed by atoms with Gasteiger partial charge in [0, 0.05) is 19.4 Å². The van der Waals surface area contributed by atoms with Crippen molar-refractivity contribution in [2.75, 3.05) is 6.54 Å². The number of aliphatic carboxylic acids is 1. The van der Waals surface area contributed by atoms with Crippen LogP contribution in [0.1, 0.15) is 80.6 Å². The van der Waals surface area contributed by atoms with E-state index >= 15 is 0 Å². The Kier molecular flexibility index (Phi) is 8.81. The fraction of sp³-hybridized carbons (Fsp3) is 0.739. The Morgan fingerprint density at radius 3 is 2.17 bits per heavy atom. The molecule has 170 valence electrons. The van der Waals surface area contributed by atoms with E-state index in [0.29, 0.717) is 37.8 Å². The highest BCUT2D eigenvalue weighted by molar-refractivity contribution is 6.22. The number of carboxylic acids is 1. The van der Waals surface area contributed by atoms with Gasteiger partial charge in [-0.2, -0.15) is 0 Å². The Balaban J connectivity index is 2.68. The third-order valence-electron chi connectivity index (χ3n) is 5.16. The van der Waals surface area contributed by atoms with Crippen LogP contribution in [0.4, 0.5) is 4.79 Å². The van der Waals surface area contributed by atoms with E-state index in [0.717, 1.165) is 0 Å². The van der Waals surface area contributed by atoms with E-state index in [4.69, 9.17) is 4.74 Å². The molecule has 2 N–H and O–H groups in total. The number of nitrogens with one attached hydrogen (secondary N) is 1. The topological polar surface area (TPSA) is 110 Å². The molecule has 7 nitrogen and oxygen atoms in total. The fourth-order valence-electron chi connectivity index (χ4n) is 3.82. The molecule has 0 aromatic carbocycles. The van der Waals surface area contributed by atoms with Gasteiger partial charge in [0.15, 0.2) is 11.6 Å². The SMILES string of the molecule is CC(C[C@@H](CC(C)CCNC(=O)OC(C)(C)C)C(=O)O)=C1C(=O)CC(C)(C)CC1=O. The van der Waals surface area contributed by atoms with Crippen LogP contribution in [0.2, 0.25) is 0 Å². The summed E-state index contributed by atoms with van der Waals surface area (Å²) < 4.78 is 5.18. The maximum Gasteiger partial charge on any atom is 0.407 e. The van der Waals surface area contributed by atoms with Crippen LogP contribution in [0.25, 0.3) is 0 Å². The third-order valence-corrected chi connectivity index (χ3v) is 5.16. The number of ether oxygens (including phenoxy) is 1. The first-order valence-electron chi connectivity index (χ1n) is 10.6. The van der Waals surface area contributed by atoms with Crippen molar-refractivity contribution >= 4 is 23.6 Å². The lowest BCUT2D eigenvalue weighted by Crippen LogP contribution is -2.33. The van der Waals surface area contributed by atoms with E-state index in [1.807, 2.05) is 20.8 Å². The minimum absolute atomic E-state index is 0.0375. The van der Waals surface area contributed by atoms with Crippen LogP contribution in [-0.4, -0.2) is 40.9 Å². The van der Waals surface area contributed by atoms with Gasteiger partial charge < -0.3 is 15.2 Å². The molecule has 1 unspecified atom stereocenters. The van der Waals surface area contributed by atoms with Gasteiger partial charge in [-0.05, 0) is 58.3 Å². The second kappa shape index (κ2) is 10.2. The molecule has 1 rings (SSSR count). The normalized spacial score (nSPS) is 18.6. The summed E-state index contributed by atoms with van der Waals surface area (Å²) in [5, 5.41) is 12.3. The molecular formula is C23H37NO6. The summed E-state index contributed by atoms with van der Waals surface area (Å²) >= 11 is 0. The minimum Gasteiger partial charge on any atom is -0.481 e. The van der Waals surface area contributed by atoms with Crippen LogP contribution in [0.3, 0.4) is 0 Å². The zero-order chi connectivity index (χ0) is 23.3. The molecule has 1 aliphatic rings. The number of amides is 1. The molecule has 0 bridgehead atoms. The Bertz CT molecular complexity index is 692. The summed E-state index contributed by atoms with van der Waals surface area (Å²) in [6.45, 7) is 13.1. The van der Waals surface area contributed by atoms with E-state index in [2.05, 4.69) is 5.32 Å². The number of allylic oxidation sites excluding steroid dienone is 2. The number of Topliss-reactive ketones (excluding diaryl/α,β-unsaturated/α-hetero) is 2. The highest BCUT2D eigenvalue weighted by Crippen LogP contribution is 2.36. The van der Waals surface area contributed by atoms with Crippen molar-refractivity contribution in [3.8, 4) is 0 Å². The molecule has 0 saturated heterocycles. The van der Waals surface area contributed by atoms with Crippen molar-refractivity contribution in [2.45, 2.75) is 86.2 Å². The highest BCUT2D eigenvalue weighted by atomic mass is 16.6. The average molecular weight is 424 g/mol. The summed E-state index contributed by atoms with van der Waals surface area (Å²) in [7, 11) is 0. The van der Waals surface area contributed by atoms with E-state index in [9.17, 15) is 24.3 Å². The number of carbonyl (C=O) groups excluding carboxylic acids is 3. The molecular weight excluding hydrogens is 386 g/mol. The van der Waals surface area contributed by atoms with Crippen LogP contribution >= 0.6 is 0 Å². The molecule has 0 aliphatic heterocycles. The quantitative estimate of drug-likeness (QED) is 0.445. The van der Waals surface area contributed by atoms with Crippen molar-refractivity contribution < 1.29 is 29.0 Å². The lowest BCUT2D eigenvalue weighted by Gasteiger charge is -2.30. The molecule has 1 saturated carbocycles. The first-order chi connectivity index (χ1) is 13.6. The molecule has 0 spiro atoms.